The second-order valence-electron chi connectivity index (χ2n) is 8.85. The lowest BCUT2D eigenvalue weighted by Crippen LogP contribution is -2.26. The number of benzene rings is 3. The summed E-state index contributed by atoms with van der Waals surface area (Å²) in [5.41, 5.74) is 5.81. The molecule has 0 saturated carbocycles. The minimum absolute atomic E-state index is 0.202. The third-order valence-corrected chi connectivity index (χ3v) is 6.21. The van der Waals surface area contributed by atoms with Crippen molar-refractivity contribution in [3.8, 4) is 5.75 Å². The van der Waals surface area contributed by atoms with Crippen LogP contribution in [-0.2, 0) is 6.54 Å². The van der Waals surface area contributed by atoms with E-state index in [0.29, 0.717) is 17.8 Å². The molecule has 35 heavy (non-hydrogen) atoms. The molecule has 7 nitrogen and oxygen atoms in total. The molecule has 1 fully saturated rings. The summed E-state index contributed by atoms with van der Waals surface area (Å²) in [6.45, 7) is 6.19. The van der Waals surface area contributed by atoms with Crippen LogP contribution in [0.2, 0.25) is 0 Å². The summed E-state index contributed by atoms with van der Waals surface area (Å²) in [5, 5.41) is 8.88. The Morgan fingerprint density at radius 1 is 0.886 bits per heavy atom. The Morgan fingerprint density at radius 2 is 1.60 bits per heavy atom. The molecule has 7 heteroatoms. The zero-order valence-electron chi connectivity index (χ0n) is 20.5. The highest BCUT2D eigenvalue weighted by Crippen LogP contribution is 2.30. The van der Waals surface area contributed by atoms with Crippen LogP contribution in [0.5, 0.6) is 5.75 Å². The number of nitrogens with one attached hydrogen (secondary N) is 3. The van der Waals surface area contributed by atoms with Crippen LogP contribution in [-0.4, -0.2) is 32.1 Å². The van der Waals surface area contributed by atoms with Crippen molar-refractivity contribution in [3.63, 3.8) is 0 Å². The summed E-state index contributed by atoms with van der Waals surface area (Å²) < 4.78 is 5.18. The second kappa shape index (κ2) is 11.0. The quantitative estimate of drug-likeness (QED) is 0.425. The van der Waals surface area contributed by atoms with Gasteiger partial charge in [0.15, 0.2) is 0 Å². The third kappa shape index (κ3) is 6.12. The number of rotatable bonds is 7. The fourth-order valence-corrected chi connectivity index (χ4v) is 4.19. The van der Waals surface area contributed by atoms with Crippen LogP contribution in [0, 0.1) is 13.8 Å². The maximum atomic E-state index is 12.9. The lowest BCUT2D eigenvalue weighted by Gasteiger charge is -2.22. The van der Waals surface area contributed by atoms with Crippen molar-refractivity contribution >= 4 is 29.0 Å². The Bertz CT molecular complexity index is 1200. The molecular formula is C28H32N4O3. The number of urea groups is 1. The number of anilines is 3. The third-order valence-electron chi connectivity index (χ3n) is 6.21. The van der Waals surface area contributed by atoms with E-state index in [-0.39, 0.29) is 11.9 Å². The van der Waals surface area contributed by atoms with Crippen LogP contribution in [0.4, 0.5) is 21.9 Å². The maximum absolute atomic E-state index is 12.9. The molecule has 0 aliphatic carbocycles. The maximum Gasteiger partial charge on any atom is 0.323 e. The SMILES string of the molecule is COc1ccc(CNC(=O)c2ccc(N3CCCC3)c(NC(=O)Nc3cc(C)ccc3C)c2)cc1. The zero-order valence-corrected chi connectivity index (χ0v) is 20.5. The number of nitrogens with zero attached hydrogens (tertiary/aromatic N) is 1. The molecule has 1 heterocycles. The molecule has 0 bridgehead atoms. The van der Waals surface area contributed by atoms with Gasteiger partial charge in [0.1, 0.15) is 5.75 Å². The van der Waals surface area contributed by atoms with Crippen molar-refractivity contribution in [1.29, 1.82) is 0 Å². The number of ether oxygens (including phenoxy) is 1. The molecule has 1 aliphatic heterocycles. The van der Waals surface area contributed by atoms with Gasteiger partial charge in [-0.1, -0.05) is 24.3 Å². The molecule has 0 aromatic heterocycles. The van der Waals surface area contributed by atoms with Gasteiger partial charge in [-0.3, -0.25) is 4.79 Å². The number of carbonyl (C=O) groups is 2. The van der Waals surface area contributed by atoms with Crippen LogP contribution < -0.4 is 25.6 Å². The first-order valence-electron chi connectivity index (χ1n) is 11.9. The summed E-state index contributed by atoms with van der Waals surface area (Å²) in [5.74, 6) is 0.569. The smallest absolute Gasteiger partial charge is 0.323 e. The highest BCUT2D eigenvalue weighted by Gasteiger charge is 2.19. The summed E-state index contributed by atoms with van der Waals surface area (Å²) in [6.07, 6.45) is 2.22. The molecule has 0 spiro atoms. The van der Waals surface area contributed by atoms with Crippen LogP contribution >= 0.6 is 0 Å². The molecule has 1 saturated heterocycles. The van der Waals surface area contributed by atoms with Gasteiger partial charge in [0, 0.05) is 30.9 Å². The number of hydrogen-bond acceptors (Lipinski definition) is 4. The summed E-state index contributed by atoms with van der Waals surface area (Å²) in [6, 6.07) is 18.6. The largest absolute Gasteiger partial charge is 0.497 e. The molecule has 3 amide bonds. The van der Waals surface area contributed by atoms with E-state index in [2.05, 4.69) is 20.9 Å². The highest BCUT2D eigenvalue weighted by molar-refractivity contribution is 6.04. The number of aryl methyl sites for hydroxylation is 2. The predicted octanol–water partition coefficient (Wildman–Crippen LogP) is 5.49. The van der Waals surface area contributed by atoms with E-state index in [1.165, 1.54) is 0 Å². The van der Waals surface area contributed by atoms with Gasteiger partial charge in [-0.15, -0.1) is 0 Å². The fraction of sp³-hybridized carbons (Fsp3) is 0.286. The van der Waals surface area contributed by atoms with Crippen LogP contribution in [0.25, 0.3) is 0 Å². The molecule has 3 N–H and O–H groups in total. The normalized spacial score (nSPS) is 12.8. The number of carbonyl (C=O) groups excluding carboxylic acids is 2. The Morgan fingerprint density at radius 3 is 2.31 bits per heavy atom. The Hall–Kier alpha value is -4.00. The number of methoxy groups -OCH3 is 1. The van der Waals surface area contributed by atoms with Gasteiger partial charge in [-0.05, 0) is 79.8 Å². The van der Waals surface area contributed by atoms with E-state index in [1.807, 2.05) is 68.4 Å². The van der Waals surface area contributed by atoms with Gasteiger partial charge < -0.3 is 25.6 Å². The van der Waals surface area contributed by atoms with Gasteiger partial charge in [0.05, 0.1) is 18.5 Å². The Labute approximate surface area is 206 Å². The molecule has 182 valence electrons. The van der Waals surface area contributed by atoms with Crippen molar-refractivity contribution in [1.82, 2.24) is 5.32 Å². The standard InChI is InChI=1S/C28H32N4O3/c1-19-6-7-20(2)24(16-19)30-28(34)31-25-17-22(10-13-26(25)32-14-4-5-15-32)27(33)29-18-21-8-11-23(35-3)12-9-21/h6-13,16-17H,4-5,14-15,18H2,1-3H3,(H,29,33)(H2,30,31,34). The van der Waals surface area contributed by atoms with E-state index in [4.69, 9.17) is 4.74 Å². The highest BCUT2D eigenvalue weighted by atomic mass is 16.5. The number of amides is 3. The van der Waals surface area contributed by atoms with Gasteiger partial charge in [0.2, 0.25) is 0 Å². The monoisotopic (exact) mass is 472 g/mol. The van der Waals surface area contributed by atoms with Gasteiger partial charge in [-0.2, -0.15) is 0 Å². The van der Waals surface area contributed by atoms with Crippen LogP contribution in [0.15, 0.2) is 60.7 Å². The minimum Gasteiger partial charge on any atom is -0.497 e. The van der Waals surface area contributed by atoms with Crippen molar-refractivity contribution in [3.05, 3.63) is 82.9 Å². The molecule has 3 aromatic carbocycles. The fourth-order valence-electron chi connectivity index (χ4n) is 4.19. The first-order valence-corrected chi connectivity index (χ1v) is 11.9. The topological polar surface area (TPSA) is 82.7 Å². The summed E-state index contributed by atoms with van der Waals surface area (Å²) in [7, 11) is 1.62. The van der Waals surface area contributed by atoms with Gasteiger partial charge in [-0.25, -0.2) is 4.79 Å². The van der Waals surface area contributed by atoms with Crippen molar-refractivity contribution in [2.45, 2.75) is 33.2 Å². The molecule has 0 unspecified atom stereocenters. The first-order chi connectivity index (χ1) is 16.9. The molecule has 0 radical (unpaired) electrons. The lowest BCUT2D eigenvalue weighted by molar-refractivity contribution is 0.0951. The minimum atomic E-state index is -0.338. The van der Waals surface area contributed by atoms with Crippen molar-refractivity contribution in [2.75, 3.05) is 35.7 Å². The summed E-state index contributed by atoms with van der Waals surface area (Å²) in [4.78, 5) is 28.1. The predicted molar refractivity (Wildman–Crippen MR) is 141 cm³/mol. The van der Waals surface area contributed by atoms with Crippen molar-refractivity contribution in [2.24, 2.45) is 0 Å². The van der Waals surface area contributed by atoms with Crippen LogP contribution in [0.1, 0.15) is 39.9 Å². The molecule has 3 aromatic rings. The lowest BCUT2D eigenvalue weighted by atomic mass is 10.1. The van der Waals surface area contributed by atoms with Crippen molar-refractivity contribution < 1.29 is 14.3 Å². The van der Waals surface area contributed by atoms with E-state index in [9.17, 15) is 9.59 Å². The first kappa shape index (κ1) is 24.1. The molecule has 0 atom stereocenters. The Kier molecular flexibility index (Phi) is 7.55. The van der Waals surface area contributed by atoms with Gasteiger partial charge in [0.25, 0.3) is 5.91 Å². The average molecular weight is 473 g/mol. The summed E-state index contributed by atoms with van der Waals surface area (Å²) >= 11 is 0. The molecule has 4 rings (SSSR count). The van der Waals surface area contributed by atoms with Crippen LogP contribution in [0.3, 0.4) is 0 Å². The molecular weight excluding hydrogens is 440 g/mol. The Balaban J connectivity index is 1.50. The zero-order chi connectivity index (χ0) is 24.8. The van der Waals surface area contributed by atoms with E-state index < -0.39 is 0 Å². The van der Waals surface area contributed by atoms with E-state index in [0.717, 1.165) is 59.7 Å². The second-order valence-corrected chi connectivity index (χ2v) is 8.85. The number of hydrogen-bond donors (Lipinski definition) is 3. The van der Waals surface area contributed by atoms with E-state index in [1.54, 1.807) is 13.2 Å². The molecule has 1 aliphatic rings. The van der Waals surface area contributed by atoms with E-state index >= 15 is 0 Å². The van der Waals surface area contributed by atoms with Gasteiger partial charge >= 0.3 is 6.03 Å². The average Bonchev–Trinajstić information content (AvgIpc) is 3.40.